The number of alkyl halides is 1. The second-order valence-electron chi connectivity index (χ2n) is 3.50. The molecule has 0 fully saturated rings. The van der Waals surface area contributed by atoms with Crippen LogP contribution in [0.3, 0.4) is 0 Å². The molecule has 1 heterocycles. The summed E-state index contributed by atoms with van der Waals surface area (Å²) < 4.78 is 0. The van der Waals surface area contributed by atoms with Gasteiger partial charge < -0.3 is 10.0 Å². The van der Waals surface area contributed by atoms with Gasteiger partial charge in [-0.3, -0.25) is 4.79 Å². The maximum atomic E-state index is 11.9. The van der Waals surface area contributed by atoms with Crippen LogP contribution in [0.1, 0.15) is 28.6 Å². The summed E-state index contributed by atoms with van der Waals surface area (Å²) in [6.45, 7) is 0.583. The summed E-state index contributed by atoms with van der Waals surface area (Å²) in [4.78, 5) is 13.4. The van der Waals surface area contributed by atoms with Crippen molar-refractivity contribution in [2.75, 3.05) is 11.9 Å². The lowest BCUT2D eigenvalue weighted by atomic mass is 10.1. The molecular weight excluding hydrogens is 258 g/mol. The predicted octanol–water partition coefficient (Wildman–Crippen LogP) is 1.92. The van der Waals surface area contributed by atoms with E-state index in [2.05, 4.69) is 15.9 Å². The lowest BCUT2D eigenvalue weighted by Crippen LogP contribution is -2.29. The smallest absolute Gasteiger partial charge is 0.256 e. The topological polar surface area (TPSA) is 40.5 Å². The van der Waals surface area contributed by atoms with Gasteiger partial charge in [0.2, 0.25) is 0 Å². The summed E-state index contributed by atoms with van der Waals surface area (Å²) in [6, 6.07) is 7.21. The van der Waals surface area contributed by atoms with Crippen molar-refractivity contribution in [3.8, 4) is 0 Å². The first-order valence-corrected chi connectivity index (χ1v) is 6.02. The van der Waals surface area contributed by atoms with E-state index >= 15 is 0 Å². The molecule has 4 heteroatoms. The Morgan fingerprint density at radius 1 is 1.40 bits per heavy atom. The van der Waals surface area contributed by atoms with Crippen LogP contribution in [-0.2, 0) is 0 Å². The van der Waals surface area contributed by atoms with Crippen LogP contribution in [0.4, 0.5) is 0 Å². The zero-order valence-electron chi connectivity index (χ0n) is 8.19. The zero-order valence-corrected chi connectivity index (χ0v) is 9.77. The average Bonchev–Trinajstić information content (AvgIpc) is 2.51. The van der Waals surface area contributed by atoms with E-state index in [4.69, 9.17) is 0 Å². The number of rotatable bonds is 3. The highest BCUT2D eigenvalue weighted by atomic mass is 79.9. The summed E-state index contributed by atoms with van der Waals surface area (Å²) >= 11 is 3.31. The van der Waals surface area contributed by atoms with Crippen molar-refractivity contribution in [1.29, 1.82) is 0 Å². The molecular formula is C11H12BrNO2. The maximum Gasteiger partial charge on any atom is 0.256 e. The molecule has 1 amide bonds. The number of nitrogens with zero attached hydrogens (tertiary/aromatic N) is 1. The zero-order chi connectivity index (χ0) is 10.8. The monoisotopic (exact) mass is 269 g/mol. The molecule has 3 nitrogen and oxygen atoms in total. The minimum atomic E-state index is -0.771. The highest BCUT2D eigenvalue weighted by Gasteiger charge is 2.34. The first-order chi connectivity index (χ1) is 7.25. The maximum absolute atomic E-state index is 11.9. The second kappa shape index (κ2) is 4.33. The molecule has 2 rings (SSSR count). The van der Waals surface area contributed by atoms with Crippen molar-refractivity contribution in [1.82, 2.24) is 4.90 Å². The second-order valence-corrected chi connectivity index (χ2v) is 4.30. The molecule has 80 valence electrons. The molecule has 1 unspecified atom stereocenters. The quantitative estimate of drug-likeness (QED) is 0.852. The van der Waals surface area contributed by atoms with Crippen LogP contribution in [-0.4, -0.2) is 27.8 Å². The number of amides is 1. The van der Waals surface area contributed by atoms with Crippen molar-refractivity contribution >= 4 is 21.8 Å². The van der Waals surface area contributed by atoms with Crippen LogP contribution >= 0.6 is 15.9 Å². The minimum absolute atomic E-state index is 0.0703. The SMILES string of the molecule is O=C1c2ccccc2C(O)N1CCCBr. The molecule has 0 spiro atoms. The largest absolute Gasteiger partial charge is 0.369 e. The third kappa shape index (κ3) is 1.79. The fourth-order valence-corrected chi connectivity index (χ4v) is 2.06. The predicted molar refractivity (Wildman–Crippen MR) is 60.8 cm³/mol. The molecule has 0 saturated heterocycles. The van der Waals surface area contributed by atoms with Gasteiger partial charge in [0.05, 0.1) is 0 Å². The van der Waals surface area contributed by atoms with Gasteiger partial charge in [-0.25, -0.2) is 0 Å². The highest BCUT2D eigenvalue weighted by molar-refractivity contribution is 9.09. The van der Waals surface area contributed by atoms with Gasteiger partial charge in [0.15, 0.2) is 6.23 Å². The number of benzene rings is 1. The van der Waals surface area contributed by atoms with Gasteiger partial charge in [-0.1, -0.05) is 34.1 Å². The highest BCUT2D eigenvalue weighted by Crippen LogP contribution is 2.31. The summed E-state index contributed by atoms with van der Waals surface area (Å²) in [5.41, 5.74) is 1.34. The standard InChI is InChI=1S/C11H12BrNO2/c12-6-3-7-13-10(14)8-4-1-2-5-9(8)11(13)15/h1-2,4-5,10,14H,3,6-7H2. The number of halogens is 1. The molecule has 1 aliphatic heterocycles. The van der Waals surface area contributed by atoms with Gasteiger partial charge in [0.25, 0.3) is 5.91 Å². The molecule has 0 aromatic heterocycles. The van der Waals surface area contributed by atoms with E-state index in [1.807, 2.05) is 12.1 Å². The van der Waals surface area contributed by atoms with E-state index in [9.17, 15) is 9.90 Å². The number of carbonyl (C=O) groups is 1. The molecule has 0 bridgehead atoms. The Hall–Kier alpha value is -0.870. The average molecular weight is 270 g/mol. The van der Waals surface area contributed by atoms with E-state index in [0.29, 0.717) is 12.1 Å². The Morgan fingerprint density at radius 3 is 2.80 bits per heavy atom. The van der Waals surface area contributed by atoms with E-state index in [1.165, 1.54) is 4.90 Å². The fourth-order valence-electron chi connectivity index (χ4n) is 1.80. The van der Waals surface area contributed by atoms with Crippen LogP contribution < -0.4 is 0 Å². The normalized spacial score (nSPS) is 19.5. The fraction of sp³-hybridized carbons (Fsp3) is 0.364. The van der Waals surface area contributed by atoms with Crippen LogP contribution in [0.25, 0.3) is 0 Å². The van der Waals surface area contributed by atoms with E-state index in [-0.39, 0.29) is 5.91 Å². The Bertz CT molecular complexity index is 381. The van der Waals surface area contributed by atoms with E-state index in [1.54, 1.807) is 12.1 Å². The molecule has 0 radical (unpaired) electrons. The molecule has 1 aromatic rings. The Kier molecular flexibility index (Phi) is 3.07. The molecule has 1 N–H and O–H groups in total. The van der Waals surface area contributed by atoms with Crippen LogP contribution in [0.5, 0.6) is 0 Å². The van der Waals surface area contributed by atoms with Gasteiger partial charge in [0, 0.05) is 23.0 Å². The molecule has 1 aliphatic rings. The van der Waals surface area contributed by atoms with Gasteiger partial charge >= 0.3 is 0 Å². The van der Waals surface area contributed by atoms with Crippen molar-refractivity contribution in [3.05, 3.63) is 35.4 Å². The Balaban J connectivity index is 2.25. The van der Waals surface area contributed by atoms with Crippen molar-refractivity contribution in [2.45, 2.75) is 12.6 Å². The number of hydrogen-bond donors (Lipinski definition) is 1. The number of aliphatic hydroxyl groups excluding tert-OH is 1. The van der Waals surface area contributed by atoms with Gasteiger partial charge in [0.1, 0.15) is 0 Å². The number of carbonyl (C=O) groups excluding carboxylic acids is 1. The van der Waals surface area contributed by atoms with Gasteiger partial charge in [-0.05, 0) is 12.5 Å². The van der Waals surface area contributed by atoms with E-state index < -0.39 is 6.23 Å². The molecule has 1 atom stereocenters. The molecule has 0 aliphatic carbocycles. The Labute approximate surface area is 96.8 Å². The molecule has 0 saturated carbocycles. The van der Waals surface area contributed by atoms with Crippen LogP contribution in [0.2, 0.25) is 0 Å². The summed E-state index contributed by atoms with van der Waals surface area (Å²) in [6.07, 6.45) is 0.0734. The van der Waals surface area contributed by atoms with Crippen LogP contribution in [0, 0.1) is 0 Å². The number of aliphatic hydroxyl groups is 1. The first kappa shape index (κ1) is 10.6. The van der Waals surface area contributed by atoms with Gasteiger partial charge in [-0.15, -0.1) is 0 Å². The summed E-state index contributed by atoms with van der Waals surface area (Å²) in [5, 5.41) is 10.8. The van der Waals surface area contributed by atoms with Crippen molar-refractivity contribution in [2.24, 2.45) is 0 Å². The lowest BCUT2D eigenvalue weighted by molar-refractivity contribution is 0.0179. The summed E-state index contributed by atoms with van der Waals surface area (Å²) in [5.74, 6) is -0.0703. The third-order valence-electron chi connectivity index (χ3n) is 2.56. The lowest BCUT2D eigenvalue weighted by Gasteiger charge is -2.20. The third-order valence-corrected chi connectivity index (χ3v) is 3.12. The molecule has 15 heavy (non-hydrogen) atoms. The Morgan fingerprint density at radius 2 is 2.13 bits per heavy atom. The van der Waals surface area contributed by atoms with E-state index in [0.717, 1.165) is 17.3 Å². The van der Waals surface area contributed by atoms with Crippen molar-refractivity contribution in [3.63, 3.8) is 0 Å². The summed E-state index contributed by atoms with van der Waals surface area (Å²) in [7, 11) is 0. The first-order valence-electron chi connectivity index (χ1n) is 4.89. The van der Waals surface area contributed by atoms with Crippen LogP contribution in [0.15, 0.2) is 24.3 Å². The number of fused-ring (bicyclic) bond motifs is 1. The molecule has 1 aromatic carbocycles. The minimum Gasteiger partial charge on any atom is -0.369 e. The van der Waals surface area contributed by atoms with Gasteiger partial charge in [-0.2, -0.15) is 0 Å². The number of hydrogen-bond acceptors (Lipinski definition) is 2. The van der Waals surface area contributed by atoms with Crippen molar-refractivity contribution < 1.29 is 9.90 Å².